The van der Waals surface area contributed by atoms with Crippen molar-refractivity contribution in [2.45, 2.75) is 38.3 Å². The van der Waals surface area contributed by atoms with Crippen molar-refractivity contribution in [3.63, 3.8) is 0 Å². The second kappa shape index (κ2) is 7.38. The summed E-state index contributed by atoms with van der Waals surface area (Å²) in [5.74, 6) is 1.64. The van der Waals surface area contributed by atoms with Crippen LogP contribution in [0.2, 0.25) is 0 Å². The summed E-state index contributed by atoms with van der Waals surface area (Å²) in [6, 6.07) is 5.29. The summed E-state index contributed by atoms with van der Waals surface area (Å²) in [4.78, 5) is 26.0. The van der Waals surface area contributed by atoms with E-state index in [1.807, 2.05) is 13.8 Å². The van der Waals surface area contributed by atoms with Crippen molar-refractivity contribution in [3.05, 3.63) is 40.3 Å². The zero-order valence-corrected chi connectivity index (χ0v) is 17.5. The molecule has 0 amide bonds. The number of anilines is 3. The molecule has 0 radical (unpaired) electrons. The normalized spacial score (nSPS) is 17.8. The van der Waals surface area contributed by atoms with E-state index in [4.69, 9.17) is 20.2 Å². The fourth-order valence-electron chi connectivity index (χ4n) is 3.95. The van der Waals surface area contributed by atoms with E-state index in [1.165, 1.54) is 0 Å². The van der Waals surface area contributed by atoms with Gasteiger partial charge in [-0.15, -0.1) is 0 Å². The Morgan fingerprint density at radius 1 is 1.26 bits per heavy atom. The van der Waals surface area contributed by atoms with Crippen LogP contribution in [0.3, 0.4) is 0 Å². The van der Waals surface area contributed by atoms with Gasteiger partial charge in [-0.25, -0.2) is 15.0 Å². The first-order chi connectivity index (χ1) is 14.9. The number of ether oxygens (including phenoxy) is 2. The van der Waals surface area contributed by atoms with Crippen molar-refractivity contribution in [2.24, 2.45) is 4.99 Å². The number of nitrogen functional groups attached to an aromatic ring is 1. The Balaban J connectivity index is 1.40. The molecular weight excluding hydrogens is 398 g/mol. The summed E-state index contributed by atoms with van der Waals surface area (Å²) in [5, 5.41) is 6.52. The Morgan fingerprint density at radius 3 is 2.81 bits per heavy atom. The van der Waals surface area contributed by atoms with Gasteiger partial charge in [0.1, 0.15) is 23.8 Å². The first-order valence-corrected chi connectivity index (χ1v) is 10.4. The van der Waals surface area contributed by atoms with Crippen LogP contribution in [0.25, 0.3) is 11.0 Å². The van der Waals surface area contributed by atoms with Crippen LogP contribution in [0.1, 0.15) is 38.3 Å². The van der Waals surface area contributed by atoms with Gasteiger partial charge in [0.15, 0.2) is 5.65 Å². The predicted octanol–water partition coefficient (Wildman–Crippen LogP) is 2.35. The lowest BCUT2D eigenvalue weighted by atomic mass is 9.92. The third-order valence-corrected chi connectivity index (χ3v) is 5.75. The first-order valence-electron chi connectivity index (χ1n) is 10.4. The number of hydrogen-bond acceptors (Lipinski definition) is 8. The standard InChI is InChI=1S/C21H25N7O3/c1-12(2)28-18-13(19(29)27-28)3-4-16(25-18)24-17-9-15(22)14(10-23-17)20-26-21(11-31-20)5-7-30-8-6-21/h3-4,9-10,12H,5-8,11H2,1-2H3,(H,27,29)(H3,22,23,24,25). The zero-order chi connectivity index (χ0) is 21.6. The third-order valence-electron chi connectivity index (χ3n) is 5.75. The average Bonchev–Trinajstić information content (AvgIpc) is 3.30. The lowest BCUT2D eigenvalue weighted by Crippen LogP contribution is -2.35. The predicted molar refractivity (Wildman–Crippen MR) is 118 cm³/mol. The van der Waals surface area contributed by atoms with E-state index in [-0.39, 0.29) is 17.1 Å². The monoisotopic (exact) mass is 423 g/mol. The molecule has 4 N–H and O–H groups in total. The van der Waals surface area contributed by atoms with Crippen molar-refractivity contribution >= 4 is 34.3 Å². The lowest BCUT2D eigenvalue weighted by molar-refractivity contribution is 0.0442. The van der Waals surface area contributed by atoms with Gasteiger partial charge in [-0.05, 0) is 38.8 Å². The van der Waals surface area contributed by atoms with E-state index in [0.29, 0.717) is 59.6 Å². The molecule has 3 aromatic heterocycles. The molecule has 3 aromatic rings. The average molecular weight is 423 g/mol. The number of hydrogen-bond donors (Lipinski definition) is 3. The minimum atomic E-state index is -0.209. The molecule has 0 atom stereocenters. The molecule has 2 aliphatic heterocycles. The quantitative estimate of drug-likeness (QED) is 0.587. The second-order valence-corrected chi connectivity index (χ2v) is 8.30. The van der Waals surface area contributed by atoms with E-state index < -0.39 is 0 Å². The van der Waals surface area contributed by atoms with Gasteiger partial charge in [-0.3, -0.25) is 14.6 Å². The maximum atomic E-state index is 12.1. The zero-order valence-electron chi connectivity index (χ0n) is 17.5. The Bertz CT molecular complexity index is 1220. The van der Waals surface area contributed by atoms with Crippen LogP contribution in [-0.2, 0) is 9.47 Å². The molecule has 10 nitrogen and oxygen atoms in total. The molecule has 1 spiro atoms. The van der Waals surface area contributed by atoms with E-state index >= 15 is 0 Å². The summed E-state index contributed by atoms with van der Waals surface area (Å²) in [6.07, 6.45) is 3.35. The number of aromatic amines is 1. The number of aromatic nitrogens is 4. The topological polar surface area (TPSA) is 132 Å². The van der Waals surface area contributed by atoms with Crippen LogP contribution < -0.4 is 16.6 Å². The van der Waals surface area contributed by atoms with Gasteiger partial charge in [0, 0.05) is 37.2 Å². The number of H-pyrrole nitrogens is 1. The number of rotatable bonds is 4. The number of fused-ring (bicyclic) bond motifs is 1. The molecule has 0 bridgehead atoms. The van der Waals surface area contributed by atoms with Crippen LogP contribution in [0.15, 0.2) is 34.2 Å². The van der Waals surface area contributed by atoms with Gasteiger partial charge in [-0.1, -0.05) is 0 Å². The summed E-state index contributed by atoms with van der Waals surface area (Å²) in [5.41, 5.74) is 7.71. The highest BCUT2D eigenvalue weighted by Crippen LogP contribution is 2.32. The number of nitrogens with zero attached hydrogens (tertiary/aromatic N) is 4. The molecule has 0 saturated carbocycles. The van der Waals surface area contributed by atoms with E-state index in [1.54, 1.807) is 29.1 Å². The molecule has 31 heavy (non-hydrogen) atoms. The van der Waals surface area contributed by atoms with Crippen LogP contribution >= 0.6 is 0 Å². The highest BCUT2D eigenvalue weighted by molar-refractivity contribution is 6.00. The van der Waals surface area contributed by atoms with E-state index in [0.717, 1.165) is 12.8 Å². The van der Waals surface area contributed by atoms with Crippen molar-refractivity contribution in [3.8, 4) is 0 Å². The van der Waals surface area contributed by atoms with Crippen molar-refractivity contribution in [1.82, 2.24) is 19.7 Å². The number of pyridine rings is 2. The van der Waals surface area contributed by atoms with Crippen LogP contribution in [-0.4, -0.2) is 51.0 Å². The Hall–Kier alpha value is -3.40. The van der Waals surface area contributed by atoms with Gasteiger partial charge >= 0.3 is 0 Å². The van der Waals surface area contributed by atoms with Crippen LogP contribution in [0.4, 0.5) is 17.3 Å². The van der Waals surface area contributed by atoms with Crippen LogP contribution in [0, 0.1) is 0 Å². The van der Waals surface area contributed by atoms with Crippen molar-refractivity contribution in [2.75, 3.05) is 30.9 Å². The molecule has 0 unspecified atom stereocenters. The lowest BCUT2D eigenvalue weighted by Gasteiger charge is -2.28. The Labute approximate surface area is 178 Å². The molecule has 1 fully saturated rings. The minimum Gasteiger partial charge on any atom is -0.475 e. The molecular formula is C21H25N7O3. The number of aliphatic imine (C=N–C) groups is 1. The maximum absolute atomic E-state index is 12.1. The Morgan fingerprint density at radius 2 is 2.06 bits per heavy atom. The smallest absolute Gasteiger partial charge is 0.273 e. The fourth-order valence-corrected chi connectivity index (χ4v) is 3.95. The van der Waals surface area contributed by atoms with Crippen molar-refractivity contribution in [1.29, 1.82) is 0 Å². The molecule has 162 valence electrons. The van der Waals surface area contributed by atoms with E-state index in [9.17, 15) is 4.79 Å². The number of nitrogens with one attached hydrogen (secondary N) is 2. The first kappa shape index (κ1) is 19.6. The molecule has 5 rings (SSSR count). The van der Waals surface area contributed by atoms with Gasteiger partial charge in [0.2, 0.25) is 5.90 Å². The summed E-state index contributed by atoms with van der Waals surface area (Å²) >= 11 is 0. The van der Waals surface area contributed by atoms with Crippen LogP contribution in [0.5, 0.6) is 0 Å². The molecule has 10 heteroatoms. The van der Waals surface area contributed by atoms with E-state index in [2.05, 4.69) is 20.4 Å². The van der Waals surface area contributed by atoms with Gasteiger partial charge < -0.3 is 20.5 Å². The SMILES string of the molecule is CC(C)n1[nH]c(=O)c2ccc(Nc3cc(N)c(C4=NC5(CCOCC5)CO4)cn3)nc21. The fraction of sp³-hybridized carbons (Fsp3) is 0.429. The third kappa shape index (κ3) is 3.52. The molecule has 1 saturated heterocycles. The number of nitrogens with two attached hydrogens (primary N) is 1. The summed E-state index contributed by atoms with van der Waals surface area (Å²) in [7, 11) is 0. The van der Waals surface area contributed by atoms with Gasteiger partial charge in [0.05, 0.1) is 10.9 Å². The Kier molecular flexibility index (Phi) is 4.66. The van der Waals surface area contributed by atoms with Gasteiger partial charge in [-0.2, -0.15) is 0 Å². The second-order valence-electron chi connectivity index (χ2n) is 8.30. The minimum absolute atomic E-state index is 0.0761. The highest BCUT2D eigenvalue weighted by atomic mass is 16.5. The van der Waals surface area contributed by atoms with Gasteiger partial charge in [0.25, 0.3) is 5.56 Å². The molecule has 0 aliphatic carbocycles. The molecule has 2 aliphatic rings. The summed E-state index contributed by atoms with van der Waals surface area (Å²) < 4.78 is 13.1. The summed E-state index contributed by atoms with van der Waals surface area (Å²) in [6.45, 7) is 5.90. The van der Waals surface area contributed by atoms with Crippen molar-refractivity contribution < 1.29 is 9.47 Å². The highest BCUT2D eigenvalue weighted by Gasteiger charge is 2.39. The molecule has 0 aromatic carbocycles. The maximum Gasteiger partial charge on any atom is 0.273 e. The largest absolute Gasteiger partial charge is 0.475 e. The molecule has 5 heterocycles.